The van der Waals surface area contributed by atoms with Gasteiger partial charge in [-0.1, -0.05) is 19.3 Å². The van der Waals surface area contributed by atoms with Gasteiger partial charge in [0.05, 0.1) is 11.0 Å². The third kappa shape index (κ3) is 5.19. The average Bonchev–Trinajstić information content (AvgIpc) is 2.34. The molecule has 5 heteroatoms. The second-order valence-corrected chi connectivity index (χ2v) is 6.32. The molecule has 0 unspecified atom stereocenters. The minimum absolute atomic E-state index is 0.0286. The van der Waals surface area contributed by atoms with Crippen molar-refractivity contribution < 1.29 is 19.4 Å². The largest absolute Gasteiger partial charge is 0.481 e. The first-order valence-corrected chi connectivity index (χ1v) is 6.89. The van der Waals surface area contributed by atoms with Gasteiger partial charge in [-0.3, -0.25) is 9.59 Å². The number of hydrogen-bond donors (Lipinski definition) is 2. The van der Waals surface area contributed by atoms with Crippen molar-refractivity contribution in [1.29, 1.82) is 0 Å². The molecule has 0 aromatic rings. The second kappa shape index (κ2) is 6.37. The molecule has 1 aliphatic carbocycles. The number of amides is 1. The van der Waals surface area contributed by atoms with Crippen LogP contribution in [0.2, 0.25) is 0 Å². The van der Waals surface area contributed by atoms with Crippen molar-refractivity contribution in [2.45, 2.75) is 58.5 Å². The van der Waals surface area contributed by atoms with E-state index in [4.69, 9.17) is 4.74 Å². The lowest BCUT2D eigenvalue weighted by atomic mass is 9.74. The highest BCUT2D eigenvalue weighted by Gasteiger charge is 2.39. The third-order valence-electron chi connectivity index (χ3n) is 3.52. The Bertz CT molecular complexity index is 327. The fourth-order valence-corrected chi connectivity index (χ4v) is 2.30. The van der Waals surface area contributed by atoms with Gasteiger partial charge in [0.15, 0.2) is 0 Å². The second-order valence-electron chi connectivity index (χ2n) is 6.32. The van der Waals surface area contributed by atoms with Gasteiger partial charge < -0.3 is 15.2 Å². The van der Waals surface area contributed by atoms with E-state index in [9.17, 15) is 14.7 Å². The Labute approximate surface area is 114 Å². The molecule has 0 radical (unpaired) electrons. The van der Waals surface area contributed by atoms with E-state index in [2.05, 4.69) is 5.32 Å². The van der Waals surface area contributed by atoms with Gasteiger partial charge in [0.1, 0.15) is 6.61 Å². The van der Waals surface area contributed by atoms with Gasteiger partial charge >= 0.3 is 5.97 Å². The van der Waals surface area contributed by atoms with Crippen molar-refractivity contribution in [2.24, 2.45) is 5.41 Å². The van der Waals surface area contributed by atoms with E-state index in [1.165, 1.54) is 0 Å². The molecular weight excluding hydrogens is 246 g/mol. The molecule has 0 aromatic heterocycles. The lowest BCUT2D eigenvalue weighted by Crippen LogP contribution is -2.45. The first-order valence-electron chi connectivity index (χ1n) is 6.89. The summed E-state index contributed by atoms with van der Waals surface area (Å²) < 4.78 is 5.36. The fraction of sp³-hybridized carbons (Fsp3) is 0.857. The quantitative estimate of drug-likeness (QED) is 0.801. The Morgan fingerprint density at radius 1 is 1.21 bits per heavy atom. The first-order chi connectivity index (χ1) is 8.75. The number of rotatable bonds is 5. The Kier molecular flexibility index (Phi) is 5.35. The van der Waals surface area contributed by atoms with E-state index in [-0.39, 0.29) is 24.7 Å². The summed E-state index contributed by atoms with van der Waals surface area (Å²) in [5.41, 5.74) is -1.15. The van der Waals surface area contributed by atoms with E-state index in [0.717, 1.165) is 19.3 Å². The van der Waals surface area contributed by atoms with Crippen LogP contribution < -0.4 is 5.32 Å². The van der Waals surface area contributed by atoms with Crippen LogP contribution in [-0.2, 0) is 14.3 Å². The van der Waals surface area contributed by atoms with E-state index < -0.39 is 11.4 Å². The van der Waals surface area contributed by atoms with Crippen LogP contribution in [0.25, 0.3) is 0 Å². The zero-order chi connectivity index (χ0) is 14.5. The maximum atomic E-state index is 11.7. The van der Waals surface area contributed by atoms with E-state index in [0.29, 0.717) is 12.8 Å². The summed E-state index contributed by atoms with van der Waals surface area (Å²) in [5, 5.41) is 12.1. The Hall–Kier alpha value is -1.10. The lowest BCUT2D eigenvalue weighted by molar-refractivity contribution is -0.151. The number of aliphatic carboxylic acids is 1. The summed E-state index contributed by atoms with van der Waals surface area (Å²) in [6, 6.07) is 0. The molecule has 2 N–H and O–H groups in total. The van der Waals surface area contributed by atoms with Crippen molar-refractivity contribution >= 4 is 11.9 Å². The van der Waals surface area contributed by atoms with Crippen LogP contribution in [0.15, 0.2) is 0 Å². The van der Waals surface area contributed by atoms with E-state index in [1.54, 1.807) is 0 Å². The van der Waals surface area contributed by atoms with Crippen molar-refractivity contribution in [3.63, 3.8) is 0 Å². The summed E-state index contributed by atoms with van der Waals surface area (Å²) in [4.78, 5) is 23.1. The maximum Gasteiger partial charge on any atom is 0.311 e. The molecular formula is C14H25NO4. The first kappa shape index (κ1) is 16.0. The normalized spacial score (nSPS) is 18.9. The average molecular weight is 271 g/mol. The third-order valence-corrected chi connectivity index (χ3v) is 3.52. The van der Waals surface area contributed by atoms with Crippen LogP contribution in [0.3, 0.4) is 0 Å². The molecule has 0 aromatic carbocycles. The predicted molar refractivity (Wildman–Crippen MR) is 71.9 cm³/mol. The lowest BCUT2D eigenvalue weighted by Gasteiger charge is -2.33. The minimum atomic E-state index is -0.802. The number of carbonyl (C=O) groups is 2. The fourth-order valence-electron chi connectivity index (χ4n) is 2.30. The van der Waals surface area contributed by atoms with E-state index >= 15 is 0 Å². The Morgan fingerprint density at radius 2 is 1.79 bits per heavy atom. The highest BCUT2D eigenvalue weighted by molar-refractivity contribution is 5.79. The number of hydrogen-bond acceptors (Lipinski definition) is 3. The zero-order valence-electron chi connectivity index (χ0n) is 12.1. The molecule has 0 bridgehead atoms. The van der Waals surface area contributed by atoms with Crippen LogP contribution in [0.1, 0.15) is 52.9 Å². The zero-order valence-corrected chi connectivity index (χ0v) is 12.1. The Morgan fingerprint density at radius 3 is 2.26 bits per heavy atom. The van der Waals surface area contributed by atoms with Gasteiger partial charge in [-0.2, -0.15) is 0 Å². The Balaban J connectivity index is 2.44. The molecule has 0 spiro atoms. The molecule has 0 heterocycles. The predicted octanol–water partition coefficient (Wildman–Crippen LogP) is 1.95. The number of carboxylic acids is 1. The van der Waals surface area contributed by atoms with Crippen molar-refractivity contribution in [3.05, 3.63) is 0 Å². The molecule has 0 aliphatic heterocycles. The molecule has 1 rings (SSSR count). The van der Waals surface area contributed by atoms with Gasteiger partial charge in [-0.25, -0.2) is 0 Å². The molecule has 1 aliphatic rings. The molecule has 19 heavy (non-hydrogen) atoms. The molecule has 1 fully saturated rings. The van der Waals surface area contributed by atoms with Gasteiger partial charge in [0.25, 0.3) is 0 Å². The molecule has 1 saturated carbocycles. The van der Waals surface area contributed by atoms with Crippen LogP contribution in [-0.4, -0.2) is 35.7 Å². The van der Waals surface area contributed by atoms with Crippen molar-refractivity contribution in [1.82, 2.24) is 5.32 Å². The van der Waals surface area contributed by atoms with Crippen molar-refractivity contribution in [2.75, 3.05) is 13.2 Å². The number of ether oxygens (including phenoxy) is 1. The number of carbonyl (C=O) groups excluding carboxylic acids is 1. The molecule has 110 valence electrons. The minimum Gasteiger partial charge on any atom is -0.481 e. The SMILES string of the molecule is CC(C)(C)OCC(=O)NCC1(C(=O)O)CCCCC1. The molecule has 1 amide bonds. The van der Waals surface area contributed by atoms with Gasteiger partial charge in [0.2, 0.25) is 5.91 Å². The number of nitrogens with one attached hydrogen (secondary N) is 1. The van der Waals surface area contributed by atoms with Crippen LogP contribution in [0.5, 0.6) is 0 Å². The molecule has 5 nitrogen and oxygen atoms in total. The molecule has 0 saturated heterocycles. The summed E-state index contributed by atoms with van der Waals surface area (Å²) in [7, 11) is 0. The summed E-state index contributed by atoms with van der Waals surface area (Å²) in [5.74, 6) is -1.05. The monoisotopic (exact) mass is 271 g/mol. The van der Waals surface area contributed by atoms with Crippen LogP contribution in [0, 0.1) is 5.41 Å². The van der Waals surface area contributed by atoms with Gasteiger partial charge in [-0.05, 0) is 33.6 Å². The van der Waals surface area contributed by atoms with Gasteiger partial charge in [0, 0.05) is 6.54 Å². The maximum absolute atomic E-state index is 11.7. The van der Waals surface area contributed by atoms with Crippen molar-refractivity contribution in [3.8, 4) is 0 Å². The van der Waals surface area contributed by atoms with E-state index in [1.807, 2.05) is 20.8 Å². The highest BCUT2D eigenvalue weighted by Crippen LogP contribution is 2.35. The van der Waals surface area contributed by atoms with Crippen LogP contribution >= 0.6 is 0 Å². The van der Waals surface area contributed by atoms with Crippen LogP contribution in [0.4, 0.5) is 0 Å². The smallest absolute Gasteiger partial charge is 0.311 e. The standard InChI is InChI=1S/C14H25NO4/c1-13(2,3)19-9-11(16)15-10-14(12(17)18)7-5-4-6-8-14/h4-10H2,1-3H3,(H,15,16)(H,17,18). The summed E-state index contributed by atoms with van der Waals surface area (Å²) in [6.07, 6.45) is 4.20. The number of carboxylic acid groups (broad SMARTS) is 1. The topological polar surface area (TPSA) is 75.6 Å². The van der Waals surface area contributed by atoms with Gasteiger partial charge in [-0.15, -0.1) is 0 Å². The highest BCUT2D eigenvalue weighted by atomic mass is 16.5. The molecule has 0 atom stereocenters. The summed E-state index contributed by atoms with van der Waals surface area (Å²) in [6.45, 7) is 5.80. The summed E-state index contributed by atoms with van der Waals surface area (Å²) >= 11 is 0.